The first kappa shape index (κ1) is 21.8. The number of carbonyl (C=O) groups excluding carboxylic acids is 1. The number of amides is 1. The van der Waals surface area contributed by atoms with Crippen LogP contribution in [0.5, 0.6) is 0 Å². The van der Waals surface area contributed by atoms with Gasteiger partial charge in [-0.3, -0.25) is 9.88 Å². The Labute approximate surface area is 203 Å². The number of hydrogen-bond acceptors (Lipinski definition) is 6. The molecular weight excluding hydrogens is 442 g/mol. The molecule has 2 atom stereocenters. The molecule has 1 N–H and O–H groups in total. The van der Waals surface area contributed by atoms with Gasteiger partial charge in [0.25, 0.3) is 0 Å². The van der Waals surface area contributed by atoms with E-state index in [0.717, 1.165) is 11.1 Å². The van der Waals surface area contributed by atoms with Crippen molar-refractivity contribution in [3.05, 3.63) is 89.2 Å². The lowest BCUT2D eigenvalue weighted by Crippen LogP contribution is -2.63. The quantitative estimate of drug-likeness (QED) is 0.627. The molecule has 3 heterocycles. The Morgan fingerprint density at radius 2 is 1.69 bits per heavy atom. The number of piperidine rings is 1. The van der Waals surface area contributed by atoms with Gasteiger partial charge in [0.1, 0.15) is 18.3 Å². The van der Waals surface area contributed by atoms with Crippen LogP contribution in [0.3, 0.4) is 0 Å². The number of morpholine rings is 1. The third-order valence-electron chi connectivity index (χ3n) is 7.47. The molecule has 0 saturated carbocycles. The Hall–Kier alpha value is -3.73. The van der Waals surface area contributed by atoms with E-state index in [0.29, 0.717) is 24.5 Å². The first-order valence-corrected chi connectivity index (χ1v) is 11.9. The zero-order valence-corrected chi connectivity index (χ0v) is 19.1. The van der Waals surface area contributed by atoms with E-state index >= 15 is 0 Å². The molecule has 3 aliphatic rings. The van der Waals surface area contributed by atoms with Crippen LogP contribution >= 0.6 is 0 Å². The number of hydrogen-bond donors (Lipinski definition) is 1. The summed E-state index contributed by atoms with van der Waals surface area (Å²) in [5.41, 5.74) is 4.11. The number of aliphatic hydroxyl groups is 1. The fourth-order valence-electron chi connectivity index (χ4n) is 6.00. The largest absolute Gasteiger partial charge is 0.448 e. The van der Waals surface area contributed by atoms with Crippen molar-refractivity contribution in [1.82, 2.24) is 9.88 Å². The maximum absolute atomic E-state index is 13.4. The summed E-state index contributed by atoms with van der Waals surface area (Å²) in [5.74, 6) is -0.0177. The SMILES string of the molecule is N#Cc1cccnc1C1(O)CC2COCC(C1)N2C(=O)OCC1c2ccccc2-c2ccccc21. The van der Waals surface area contributed by atoms with Crippen LogP contribution in [0.25, 0.3) is 11.1 Å². The van der Waals surface area contributed by atoms with E-state index in [1.54, 1.807) is 23.2 Å². The standard InChI is InChI=1S/C28H25N3O4/c29-14-18-6-5-11-30-26(18)28(33)12-19-15-34-16-20(13-28)31(19)27(32)35-17-25-23-9-3-1-7-21(23)22-8-2-4-10-24(22)25/h1-11,19-20,25,33H,12-13,15-17H2. The first-order valence-electron chi connectivity index (χ1n) is 11.9. The molecule has 2 saturated heterocycles. The predicted molar refractivity (Wildman–Crippen MR) is 127 cm³/mol. The summed E-state index contributed by atoms with van der Waals surface area (Å²) in [6.45, 7) is 0.849. The van der Waals surface area contributed by atoms with Gasteiger partial charge in [0.15, 0.2) is 0 Å². The molecule has 2 unspecified atom stereocenters. The molecule has 7 nitrogen and oxygen atoms in total. The lowest BCUT2D eigenvalue weighted by molar-refractivity contribution is -0.138. The average molecular weight is 468 g/mol. The topological polar surface area (TPSA) is 95.7 Å². The van der Waals surface area contributed by atoms with Gasteiger partial charge in [0.2, 0.25) is 0 Å². The Morgan fingerprint density at radius 3 is 2.31 bits per heavy atom. The molecular formula is C28H25N3O4. The highest BCUT2D eigenvalue weighted by atomic mass is 16.6. The highest BCUT2D eigenvalue weighted by molar-refractivity contribution is 5.79. The molecule has 0 spiro atoms. The van der Waals surface area contributed by atoms with Gasteiger partial charge in [0.05, 0.1) is 36.6 Å². The third kappa shape index (κ3) is 3.57. The Morgan fingerprint density at radius 1 is 1.06 bits per heavy atom. The molecule has 2 bridgehead atoms. The fraction of sp³-hybridized carbons (Fsp3) is 0.321. The van der Waals surface area contributed by atoms with Crippen molar-refractivity contribution >= 4 is 6.09 Å². The molecule has 1 amide bonds. The van der Waals surface area contributed by atoms with Gasteiger partial charge in [-0.05, 0) is 34.4 Å². The maximum Gasteiger partial charge on any atom is 0.410 e. The summed E-state index contributed by atoms with van der Waals surface area (Å²) in [6, 6.07) is 21.2. The smallest absolute Gasteiger partial charge is 0.410 e. The highest BCUT2D eigenvalue weighted by Gasteiger charge is 2.51. The second-order valence-corrected chi connectivity index (χ2v) is 9.51. The number of nitrogens with zero attached hydrogens (tertiary/aromatic N) is 3. The van der Waals surface area contributed by atoms with Crippen molar-refractivity contribution in [3.63, 3.8) is 0 Å². The normalized spacial score (nSPS) is 24.9. The van der Waals surface area contributed by atoms with E-state index in [-0.39, 0.29) is 37.5 Å². The molecule has 3 aromatic rings. The zero-order chi connectivity index (χ0) is 24.0. The number of rotatable bonds is 3. The summed E-state index contributed by atoms with van der Waals surface area (Å²) in [6.07, 6.45) is 1.66. The zero-order valence-electron chi connectivity index (χ0n) is 19.1. The molecule has 2 aromatic carbocycles. The molecule has 1 aliphatic carbocycles. The third-order valence-corrected chi connectivity index (χ3v) is 7.47. The van der Waals surface area contributed by atoms with Crippen LogP contribution < -0.4 is 0 Å². The number of aromatic nitrogens is 1. The maximum atomic E-state index is 13.4. The molecule has 35 heavy (non-hydrogen) atoms. The average Bonchev–Trinajstić information content (AvgIpc) is 3.20. The van der Waals surface area contributed by atoms with E-state index in [9.17, 15) is 15.2 Å². The van der Waals surface area contributed by atoms with E-state index in [4.69, 9.17) is 9.47 Å². The lowest BCUT2D eigenvalue weighted by atomic mass is 9.78. The van der Waals surface area contributed by atoms with Gasteiger partial charge in [-0.25, -0.2) is 4.79 Å². The summed E-state index contributed by atoms with van der Waals surface area (Å²) >= 11 is 0. The molecule has 0 radical (unpaired) electrons. The second-order valence-electron chi connectivity index (χ2n) is 9.51. The van der Waals surface area contributed by atoms with Gasteiger partial charge in [-0.15, -0.1) is 0 Å². The molecule has 176 valence electrons. The van der Waals surface area contributed by atoms with E-state index in [2.05, 4.69) is 35.3 Å². The highest BCUT2D eigenvalue weighted by Crippen LogP contribution is 2.45. The number of fused-ring (bicyclic) bond motifs is 5. The number of ether oxygens (including phenoxy) is 2. The van der Waals surface area contributed by atoms with Crippen molar-refractivity contribution in [2.45, 2.75) is 36.4 Å². The molecule has 6 rings (SSSR count). The van der Waals surface area contributed by atoms with Gasteiger partial charge >= 0.3 is 6.09 Å². The monoisotopic (exact) mass is 467 g/mol. The van der Waals surface area contributed by atoms with Crippen LogP contribution in [0, 0.1) is 11.3 Å². The number of benzene rings is 2. The Bertz CT molecular complexity index is 1270. The fourth-order valence-corrected chi connectivity index (χ4v) is 6.00. The number of pyridine rings is 1. The van der Waals surface area contributed by atoms with Crippen LogP contribution in [-0.4, -0.2) is 53.0 Å². The first-order chi connectivity index (χ1) is 17.1. The van der Waals surface area contributed by atoms with Crippen molar-refractivity contribution in [1.29, 1.82) is 5.26 Å². The van der Waals surface area contributed by atoms with Crippen molar-refractivity contribution < 1.29 is 19.4 Å². The number of nitriles is 1. The molecule has 2 aliphatic heterocycles. The van der Waals surface area contributed by atoms with Gasteiger partial charge in [-0.2, -0.15) is 5.26 Å². The minimum absolute atomic E-state index is 0.0177. The van der Waals surface area contributed by atoms with Gasteiger partial charge in [-0.1, -0.05) is 48.5 Å². The molecule has 1 aromatic heterocycles. The summed E-state index contributed by atoms with van der Waals surface area (Å²) in [7, 11) is 0. The van der Waals surface area contributed by atoms with E-state index in [1.165, 1.54) is 11.1 Å². The van der Waals surface area contributed by atoms with Gasteiger partial charge in [0, 0.05) is 25.0 Å². The summed E-state index contributed by atoms with van der Waals surface area (Å²) in [4.78, 5) is 19.4. The van der Waals surface area contributed by atoms with Crippen LogP contribution in [0.1, 0.15) is 41.1 Å². The van der Waals surface area contributed by atoms with E-state index < -0.39 is 11.7 Å². The van der Waals surface area contributed by atoms with Crippen LogP contribution in [-0.2, 0) is 15.1 Å². The van der Waals surface area contributed by atoms with Crippen LogP contribution in [0.15, 0.2) is 66.9 Å². The van der Waals surface area contributed by atoms with E-state index in [1.807, 2.05) is 24.3 Å². The number of carbonyl (C=O) groups is 1. The molecule has 2 fully saturated rings. The minimum atomic E-state index is -1.30. The lowest BCUT2D eigenvalue weighted by Gasteiger charge is -2.50. The Kier molecular flexibility index (Phi) is 5.28. The second kappa shape index (κ2) is 8.49. The van der Waals surface area contributed by atoms with Crippen LogP contribution in [0.4, 0.5) is 4.79 Å². The van der Waals surface area contributed by atoms with Crippen molar-refractivity contribution in [3.8, 4) is 17.2 Å². The van der Waals surface area contributed by atoms with Crippen molar-refractivity contribution in [2.75, 3.05) is 19.8 Å². The Balaban J connectivity index is 1.22. The molecule has 7 heteroatoms. The van der Waals surface area contributed by atoms with Crippen LogP contribution in [0.2, 0.25) is 0 Å². The van der Waals surface area contributed by atoms with Crippen molar-refractivity contribution in [2.24, 2.45) is 0 Å². The summed E-state index contributed by atoms with van der Waals surface area (Å²) in [5, 5.41) is 21.0. The minimum Gasteiger partial charge on any atom is -0.448 e. The predicted octanol–water partition coefficient (Wildman–Crippen LogP) is 3.95. The summed E-state index contributed by atoms with van der Waals surface area (Å²) < 4.78 is 11.6. The van der Waals surface area contributed by atoms with Gasteiger partial charge < -0.3 is 14.6 Å².